The van der Waals surface area contributed by atoms with Gasteiger partial charge in [-0.3, -0.25) is 4.79 Å². The molecule has 0 saturated carbocycles. The van der Waals surface area contributed by atoms with E-state index in [4.69, 9.17) is 4.74 Å². The van der Waals surface area contributed by atoms with Gasteiger partial charge in [-0.25, -0.2) is 9.97 Å². The molecule has 7 heteroatoms. The fraction of sp³-hybridized carbons (Fsp3) is 0.353. The number of anilines is 1. The van der Waals surface area contributed by atoms with Crippen molar-refractivity contribution >= 4 is 34.3 Å². The van der Waals surface area contributed by atoms with Crippen LogP contribution in [0, 0.1) is 10.5 Å². The van der Waals surface area contributed by atoms with Gasteiger partial charge in [0.1, 0.15) is 11.6 Å². The number of halogens is 1. The molecule has 0 atom stereocenters. The first-order chi connectivity index (χ1) is 11.6. The number of amides is 1. The monoisotopic (exact) mass is 438 g/mol. The second-order valence-electron chi connectivity index (χ2n) is 5.58. The Morgan fingerprint density at radius 1 is 1.29 bits per heavy atom. The molecule has 1 aromatic carbocycles. The van der Waals surface area contributed by atoms with Gasteiger partial charge in [0, 0.05) is 34.0 Å². The molecule has 1 saturated heterocycles. The van der Waals surface area contributed by atoms with Crippen LogP contribution in [0.2, 0.25) is 0 Å². The Morgan fingerprint density at radius 3 is 2.83 bits per heavy atom. The third-order valence-electron chi connectivity index (χ3n) is 3.72. The van der Waals surface area contributed by atoms with Crippen LogP contribution >= 0.6 is 22.6 Å². The number of hydrogen-bond acceptors (Lipinski definition) is 5. The van der Waals surface area contributed by atoms with Crippen molar-refractivity contribution in [2.24, 2.45) is 0 Å². The third-order valence-corrected chi connectivity index (χ3v) is 4.39. The highest BCUT2D eigenvalue weighted by Crippen LogP contribution is 2.14. The molecule has 0 unspecified atom stereocenters. The van der Waals surface area contributed by atoms with Crippen molar-refractivity contribution in [2.45, 2.75) is 13.5 Å². The Hall–Kier alpha value is -1.74. The number of ether oxygens (including phenoxy) is 1. The minimum Gasteiger partial charge on any atom is -0.378 e. The summed E-state index contributed by atoms with van der Waals surface area (Å²) < 4.78 is 6.41. The van der Waals surface area contributed by atoms with Crippen LogP contribution in [-0.4, -0.2) is 42.2 Å². The van der Waals surface area contributed by atoms with Crippen LogP contribution in [0.25, 0.3) is 0 Å². The average Bonchev–Trinajstić information content (AvgIpc) is 2.60. The number of rotatable bonds is 4. The van der Waals surface area contributed by atoms with E-state index in [1.54, 1.807) is 6.07 Å². The first-order valence-electron chi connectivity index (χ1n) is 7.83. The molecule has 2 aromatic rings. The van der Waals surface area contributed by atoms with E-state index in [-0.39, 0.29) is 5.91 Å². The van der Waals surface area contributed by atoms with Crippen LogP contribution in [-0.2, 0) is 11.3 Å². The number of hydrogen-bond donors (Lipinski definition) is 1. The molecule has 126 valence electrons. The fourth-order valence-corrected chi connectivity index (χ4v) is 3.08. The van der Waals surface area contributed by atoms with Crippen LogP contribution in [0.1, 0.15) is 21.9 Å². The summed E-state index contributed by atoms with van der Waals surface area (Å²) in [7, 11) is 0. The highest BCUT2D eigenvalue weighted by atomic mass is 127. The molecule has 0 radical (unpaired) electrons. The van der Waals surface area contributed by atoms with Crippen molar-refractivity contribution in [1.29, 1.82) is 0 Å². The Balaban J connectivity index is 1.68. The lowest BCUT2D eigenvalue weighted by Gasteiger charge is -2.28. The highest BCUT2D eigenvalue weighted by molar-refractivity contribution is 14.1. The maximum atomic E-state index is 12.2. The zero-order valence-electron chi connectivity index (χ0n) is 13.5. The topological polar surface area (TPSA) is 67.3 Å². The summed E-state index contributed by atoms with van der Waals surface area (Å²) in [4.78, 5) is 23.4. The maximum Gasteiger partial charge on any atom is 0.251 e. The Labute approximate surface area is 154 Å². The SMILES string of the molecule is Cc1cc(N2CCOCC2)nc(CNC(=O)c2cccc(I)c2)n1. The molecule has 2 heterocycles. The Bertz CT molecular complexity index is 732. The number of nitrogens with one attached hydrogen (secondary N) is 1. The average molecular weight is 438 g/mol. The van der Waals surface area contributed by atoms with E-state index < -0.39 is 0 Å². The summed E-state index contributed by atoms with van der Waals surface area (Å²) in [5.74, 6) is 1.39. The maximum absolute atomic E-state index is 12.2. The lowest BCUT2D eigenvalue weighted by atomic mass is 10.2. The minimum atomic E-state index is -0.119. The molecule has 0 aliphatic carbocycles. The minimum absolute atomic E-state index is 0.119. The molecule has 3 rings (SSSR count). The molecule has 1 N–H and O–H groups in total. The Kier molecular flexibility index (Phi) is 5.62. The van der Waals surface area contributed by atoms with Gasteiger partial charge in [0.15, 0.2) is 0 Å². The lowest BCUT2D eigenvalue weighted by Crippen LogP contribution is -2.37. The van der Waals surface area contributed by atoms with Gasteiger partial charge in [-0.15, -0.1) is 0 Å². The quantitative estimate of drug-likeness (QED) is 0.742. The molecule has 6 nitrogen and oxygen atoms in total. The van der Waals surface area contributed by atoms with Gasteiger partial charge in [0.25, 0.3) is 5.91 Å². The van der Waals surface area contributed by atoms with Gasteiger partial charge in [-0.1, -0.05) is 6.07 Å². The first kappa shape index (κ1) is 17.1. The van der Waals surface area contributed by atoms with Crippen LogP contribution < -0.4 is 10.2 Å². The van der Waals surface area contributed by atoms with E-state index in [1.165, 1.54) is 0 Å². The fourth-order valence-electron chi connectivity index (χ4n) is 2.54. The summed E-state index contributed by atoms with van der Waals surface area (Å²) in [6, 6.07) is 9.45. The first-order valence-corrected chi connectivity index (χ1v) is 8.91. The molecule has 24 heavy (non-hydrogen) atoms. The van der Waals surface area contributed by atoms with E-state index in [9.17, 15) is 4.79 Å². The van der Waals surface area contributed by atoms with Crippen molar-refractivity contribution < 1.29 is 9.53 Å². The van der Waals surface area contributed by atoms with Crippen molar-refractivity contribution in [3.63, 3.8) is 0 Å². The number of morpholine rings is 1. The smallest absolute Gasteiger partial charge is 0.251 e. The van der Waals surface area contributed by atoms with Crippen LogP contribution in [0.15, 0.2) is 30.3 Å². The number of benzene rings is 1. The zero-order valence-corrected chi connectivity index (χ0v) is 15.6. The van der Waals surface area contributed by atoms with Gasteiger partial charge in [-0.2, -0.15) is 0 Å². The molecule has 1 amide bonds. The Morgan fingerprint density at radius 2 is 2.08 bits per heavy atom. The normalized spacial score (nSPS) is 14.5. The summed E-state index contributed by atoms with van der Waals surface area (Å²) >= 11 is 2.19. The van der Waals surface area contributed by atoms with Crippen LogP contribution in [0.3, 0.4) is 0 Å². The molecule has 1 fully saturated rings. The molecule has 0 spiro atoms. The molecule has 1 aliphatic rings. The van der Waals surface area contributed by atoms with Gasteiger partial charge >= 0.3 is 0 Å². The second-order valence-corrected chi connectivity index (χ2v) is 6.82. The molecule has 0 bridgehead atoms. The third kappa shape index (κ3) is 4.41. The van der Waals surface area contributed by atoms with E-state index in [2.05, 4.69) is 42.8 Å². The standard InChI is InChI=1S/C17H19IN4O2/c1-12-9-16(22-5-7-24-8-6-22)21-15(20-12)11-19-17(23)13-3-2-4-14(18)10-13/h2-4,9-10H,5-8,11H2,1H3,(H,19,23). The molecular formula is C17H19IN4O2. The number of nitrogens with zero attached hydrogens (tertiary/aromatic N) is 3. The summed E-state index contributed by atoms with van der Waals surface area (Å²) in [6.45, 7) is 5.32. The van der Waals surface area contributed by atoms with Crippen molar-refractivity contribution in [3.8, 4) is 0 Å². The van der Waals surface area contributed by atoms with Crippen molar-refractivity contribution in [1.82, 2.24) is 15.3 Å². The summed E-state index contributed by atoms with van der Waals surface area (Å²) in [6.07, 6.45) is 0. The number of aryl methyl sites for hydroxylation is 1. The summed E-state index contributed by atoms with van der Waals surface area (Å²) in [5.41, 5.74) is 1.54. The number of aromatic nitrogens is 2. The van der Waals surface area contributed by atoms with Gasteiger partial charge in [0.2, 0.25) is 0 Å². The number of carbonyl (C=O) groups is 1. The van der Waals surface area contributed by atoms with E-state index in [0.717, 1.165) is 28.2 Å². The van der Waals surface area contributed by atoms with E-state index in [0.29, 0.717) is 31.1 Å². The van der Waals surface area contributed by atoms with Gasteiger partial charge < -0.3 is 15.0 Å². The second kappa shape index (κ2) is 7.89. The van der Waals surface area contributed by atoms with Crippen molar-refractivity contribution in [2.75, 3.05) is 31.2 Å². The predicted octanol–water partition coefficient (Wildman–Crippen LogP) is 2.16. The largest absolute Gasteiger partial charge is 0.378 e. The number of carbonyl (C=O) groups excluding carboxylic acids is 1. The zero-order chi connectivity index (χ0) is 16.9. The predicted molar refractivity (Wildman–Crippen MR) is 100 cm³/mol. The molecule has 1 aromatic heterocycles. The molecule has 1 aliphatic heterocycles. The van der Waals surface area contributed by atoms with Crippen LogP contribution in [0.5, 0.6) is 0 Å². The van der Waals surface area contributed by atoms with Crippen molar-refractivity contribution in [3.05, 3.63) is 51.0 Å². The van der Waals surface area contributed by atoms with Crippen LogP contribution in [0.4, 0.5) is 5.82 Å². The highest BCUT2D eigenvalue weighted by Gasteiger charge is 2.14. The van der Waals surface area contributed by atoms with E-state index in [1.807, 2.05) is 31.2 Å². The summed E-state index contributed by atoms with van der Waals surface area (Å²) in [5, 5.41) is 2.89. The van der Waals surface area contributed by atoms with Gasteiger partial charge in [-0.05, 0) is 47.7 Å². The molecular weight excluding hydrogens is 419 g/mol. The van der Waals surface area contributed by atoms with Gasteiger partial charge in [0.05, 0.1) is 19.8 Å². The van der Waals surface area contributed by atoms with E-state index >= 15 is 0 Å². The lowest BCUT2D eigenvalue weighted by molar-refractivity contribution is 0.0949.